The van der Waals surface area contributed by atoms with E-state index in [0.29, 0.717) is 13.0 Å². The highest BCUT2D eigenvalue weighted by molar-refractivity contribution is 5.69. The lowest BCUT2D eigenvalue weighted by Gasteiger charge is -2.14. The van der Waals surface area contributed by atoms with Gasteiger partial charge in [0.1, 0.15) is 12.7 Å². The summed E-state index contributed by atoms with van der Waals surface area (Å²) in [4.78, 5) is 11.6. The molecule has 0 rings (SSSR count). The molecule has 2 atom stereocenters. The molecule has 0 spiro atoms. The molecule has 0 aromatic rings. The third kappa shape index (κ3) is 13.1. The van der Waals surface area contributed by atoms with E-state index in [1.165, 1.54) is 38.5 Å². The Morgan fingerprint density at radius 2 is 1.59 bits per heavy atom. The van der Waals surface area contributed by atoms with Crippen LogP contribution in [0, 0.1) is 5.92 Å². The Kier molecular flexibility index (Phi) is 14.9. The molecule has 4 heteroatoms. The van der Waals surface area contributed by atoms with Crippen LogP contribution in [0.2, 0.25) is 0 Å². The standard InChI is InChI=1S/C18H36O4/c1-5-16(2)12-10-8-6-7-9-11-13-18(19)22-15-17(21-4)14-20-3/h16-17H,5-15H2,1-4H3. The van der Waals surface area contributed by atoms with Crippen LogP contribution in [0.15, 0.2) is 0 Å². The molecule has 132 valence electrons. The van der Waals surface area contributed by atoms with Crippen molar-refractivity contribution in [1.29, 1.82) is 0 Å². The van der Waals surface area contributed by atoms with Crippen LogP contribution >= 0.6 is 0 Å². The molecule has 0 N–H and O–H groups in total. The first-order chi connectivity index (χ1) is 10.6. The molecule has 0 aliphatic heterocycles. The Morgan fingerprint density at radius 3 is 2.18 bits per heavy atom. The Bertz CT molecular complexity index is 255. The molecule has 0 saturated carbocycles. The van der Waals surface area contributed by atoms with Crippen molar-refractivity contribution in [3.05, 3.63) is 0 Å². The Hall–Kier alpha value is -0.610. The van der Waals surface area contributed by atoms with Crippen LogP contribution in [0.5, 0.6) is 0 Å². The highest BCUT2D eigenvalue weighted by Crippen LogP contribution is 2.14. The van der Waals surface area contributed by atoms with Gasteiger partial charge in [-0.05, 0) is 12.3 Å². The molecule has 0 saturated heterocycles. The van der Waals surface area contributed by atoms with Crippen LogP contribution in [0.4, 0.5) is 0 Å². The van der Waals surface area contributed by atoms with Crippen molar-refractivity contribution in [3.8, 4) is 0 Å². The van der Waals surface area contributed by atoms with Gasteiger partial charge in [-0.1, -0.05) is 58.8 Å². The second-order valence-corrected chi connectivity index (χ2v) is 6.17. The molecule has 0 bridgehead atoms. The molecule has 0 heterocycles. The van der Waals surface area contributed by atoms with Gasteiger partial charge in [-0.2, -0.15) is 0 Å². The van der Waals surface area contributed by atoms with Gasteiger partial charge in [0.15, 0.2) is 0 Å². The highest BCUT2D eigenvalue weighted by atomic mass is 16.6. The average Bonchev–Trinajstić information content (AvgIpc) is 2.53. The summed E-state index contributed by atoms with van der Waals surface area (Å²) in [5.74, 6) is 0.735. The number of ether oxygens (including phenoxy) is 3. The normalized spacial score (nSPS) is 13.8. The van der Waals surface area contributed by atoms with Crippen LogP contribution < -0.4 is 0 Å². The highest BCUT2D eigenvalue weighted by Gasteiger charge is 2.10. The molecule has 0 amide bonds. The minimum absolute atomic E-state index is 0.130. The minimum atomic E-state index is -0.167. The molecule has 0 aromatic carbocycles. The first-order valence-electron chi connectivity index (χ1n) is 8.81. The second kappa shape index (κ2) is 15.3. The van der Waals surface area contributed by atoms with Gasteiger partial charge in [0.05, 0.1) is 6.61 Å². The maximum absolute atomic E-state index is 11.6. The molecule has 2 unspecified atom stereocenters. The molecule has 0 aliphatic rings. The molecule has 22 heavy (non-hydrogen) atoms. The van der Waals surface area contributed by atoms with Gasteiger partial charge in [0.25, 0.3) is 0 Å². The third-order valence-corrected chi connectivity index (χ3v) is 4.14. The van der Waals surface area contributed by atoms with Crippen molar-refractivity contribution < 1.29 is 19.0 Å². The van der Waals surface area contributed by atoms with Crippen molar-refractivity contribution in [2.24, 2.45) is 5.92 Å². The fourth-order valence-electron chi connectivity index (χ4n) is 2.30. The van der Waals surface area contributed by atoms with E-state index in [1.54, 1.807) is 14.2 Å². The van der Waals surface area contributed by atoms with E-state index >= 15 is 0 Å². The Labute approximate surface area is 136 Å². The molecule has 0 fully saturated rings. The number of hydrogen-bond donors (Lipinski definition) is 0. The molecule has 0 aromatic heterocycles. The van der Waals surface area contributed by atoms with Crippen molar-refractivity contribution in [3.63, 3.8) is 0 Å². The van der Waals surface area contributed by atoms with E-state index in [9.17, 15) is 4.79 Å². The number of methoxy groups -OCH3 is 2. The van der Waals surface area contributed by atoms with Gasteiger partial charge in [0.2, 0.25) is 0 Å². The fourth-order valence-corrected chi connectivity index (χ4v) is 2.30. The van der Waals surface area contributed by atoms with E-state index in [2.05, 4.69) is 13.8 Å². The van der Waals surface area contributed by atoms with Crippen LogP contribution in [-0.4, -0.2) is 39.5 Å². The van der Waals surface area contributed by atoms with Gasteiger partial charge in [-0.3, -0.25) is 4.79 Å². The van der Waals surface area contributed by atoms with E-state index in [4.69, 9.17) is 14.2 Å². The summed E-state index contributed by atoms with van der Waals surface area (Å²) in [5, 5.41) is 0. The number of unbranched alkanes of at least 4 members (excludes halogenated alkanes) is 5. The smallest absolute Gasteiger partial charge is 0.305 e. The van der Waals surface area contributed by atoms with Crippen LogP contribution in [0.3, 0.4) is 0 Å². The molecular weight excluding hydrogens is 280 g/mol. The first-order valence-corrected chi connectivity index (χ1v) is 8.81. The SMILES string of the molecule is CCC(C)CCCCCCCCC(=O)OCC(COC)OC. The summed E-state index contributed by atoms with van der Waals surface area (Å²) >= 11 is 0. The van der Waals surface area contributed by atoms with Crippen LogP contribution in [0.25, 0.3) is 0 Å². The van der Waals surface area contributed by atoms with E-state index in [1.807, 2.05) is 0 Å². The number of rotatable bonds is 15. The van der Waals surface area contributed by atoms with Gasteiger partial charge in [-0.15, -0.1) is 0 Å². The summed E-state index contributed by atoms with van der Waals surface area (Å²) in [6, 6.07) is 0. The topological polar surface area (TPSA) is 44.8 Å². The zero-order valence-electron chi connectivity index (χ0n) is 15.1. The number of carbonyl (C=O) groups is 1. The lowest BCUT2D eigenvalue weighted by molar-refractivity contribution is -0.148. The maximum atomic E-state index is 11.6. The Morgan fingerprint density at radius 1 is 0.955 bits per heavy atom. The summed E-state index contributed by atoms with van der Waals surface area (Å²) < 4.78 is 15.3. The lowest BCUT2D eigenvalue weighted by Crippen LogP contribution is -2.25. The zero-order chi connectivity index (χ0) is 16.6. The van der Waals surface area contributed by atoms with Crippen molar-refractivity contribution in [2.45, 2.75) is 77.7 Å². The number of esters is 1. The molecular formula is C18H36O4. The fraction of sp³-hybridized carbons (Fsp3) is 0.944. The van der Waals surface area contributed by atoms with E-state index < -0.39 is 0 Å². The van der Waals surface area contributed by atoms with Gasteiger partial charge in [-0.25, -0.2) is 0 Å². The predicted molar refractivity (Wildman–Crippen MR) is 90.0 cm³/mol. The largest absolute Gasteiger partial charge is 0.463 e. The summed E-state index contributed by atoms with van der Waals surface area (Å²) in [6.45, 7) is 5.31. The van der Waals surface area contributed by atoms with Crippen molar-refractivity contribution in [2.75, 3.05) is 27.4 Å². The molecule has 4 nitrogen and oxygen atoms in total. The van der Waals surface area contributed by atoms with Gasteiger partial charge >= 0.3 is 5.97 Å². The van der Waals surface area contributed by atoms with E-state index in [-0.39, 0.29) is 18.7 Å². The summed E-state index contributed by atoms with van der Waals surface area (Å²) in [7, 11) is 3.20. The van der Waals surface area contributed by atoms with Gasteiger partial charge < -0.3 is 14.2 Å². The van der Waals surface area contributed by atoms with Crippen LogP contribution in [-0.2, 0) is 19.0 Å². The molecule has 0 aliphatic carbocycles. The summed E-state index contributed by atoms with van der Waals surface area (Å²) in [6.07, 6.45) is 10.2. The monoisotopic (exact) mass is 316 g/mol. The van der Waals surface area contributed by atoms with E-state index in [0.717, 1.165) is 18.8 Å². The lowest BCUT2D eigenvalue weighted by atomic mass is 10.00. The Balaban J connectivity index is 3.38. The third-order valence-electron chi connectivity index (χ3n) is 4.14. The summed E-state index contributed by atoms with van der Waals surface area (Å²) in [5.41, 5.74) is 0. The van der Waals surface area contributed by atoms with Crippen LogP contribution in [0.1, 0.15) is 71.6 Å². The van der Waals surface area contributed by atoms with Crippen molar-refractivity contribution in [1.82, 2.24) is 0 Å². The van der Waals surface area contributed by atoms with Gasteiger partial charge in [0, 0.05) is 20.6 Å². The predicted octanol–water partition coefficient (Wildman–Crippen LogP) is 4.36. The maximum Gasteiger partial charge on any atom is 0.305 e. The second-order valence-electron chi connectivity index (χ2n) is 6.17. The average molecular weight is 316 g/mol. The molecule has 0 radical (unpaired) electrons. The zero-order valence-corrected chi connectivity index (χ0v) is 15.1. The first kappa shape index (κ1) is 21.4. The van der Waals surface area contributed by atoms with Crippen molar-refractivity contribution >= 4 is 5.97 Å². The minimum Gasteiger partial charge on any atom is -0.463 e. The quantitative estimate of drug-likeness (QED) is 0.333. The number of carbonyl (C=O) groups excluding carboxylic acids is 1. The number of hydrogen-bond acceptors (Lipinski definition) is 4.